The predicted molar refractivity (Wildman–Crippen MR) is 122 cm³/mol. The standard InChI is InChI=1S/C25H22FN5O/c26-19-3-1-2-18(12-19)22-9-4-16(13-28-22)14-31-11-10-23-21(15-31)25(32)30-24(29-23)17-5-7-20(27)8-6-17/h1-9,12-13H,10-11,14-15,27H2,(H,29,30,32). The number of halogens is 1. The largest absolute Gasteiger partial charge is 0.399 e. The van der Waals surface area contributed by atoms with Gasteiger partial charge >= 0.3 is 0 Å². The summed E-state index contributed by atoms with van der Waals surface area (Å²) in [6, 6.07) is 17.6. The number of benzene rings is 2. The first kappa shape index (κ1) is 20.1. The van der Waals surface area contributed by atoms with Crippen molar-refractivity contribution in [3.8, 4) is 22.6 Å². The molecule has 3 heterocycles. The molecule has 0 saturated carbocycles. The number of hydrogen-bond acceptors (Lipinski definition) is 5. The molecule has 2 aromatic carbocycles. The molecule has 0 saturated heterocycles. The Bertz CT molecular complexity index is 1320. The van der Waals surface area contributed by atoms with Gasteiger partial charge in [-0.1, -0.05) is 18.2 Å². The molecule has 5 rings (SSSR count). The molecule has 1 aliphatic heterocycles. The van der Waals surface area contributed by atoms with Crippen LogP contribution in [0.5, 0.6) is 0 Å². The molecule has 160 valence electrons. The lowest BCUT2D eigenvalue weighted by atomic mass is 10.1. The molecule has 0 unspecified atom stereocenters. The van der Waals surface area contributed by atoms with Crippen LogP contribution in [0.25, 0.3) is 22.6 Å². The number of aromatic nitrogens is 3. The number of H-pyrrole nitrogens is 1. The second-order valence-corrected chi connectivity index (χ2v) is 7.98. The van der Waals surface area contributed by atoms with Gasteiger partial charge in [0.2, 0.25) is 0 Å². The average molecular weight is 427 g/mol. The topological polar surface area (TPSA) is 87.9 Å². The maximum absolute atomic E-state index is 13.5. The number of nitrogens with zero attached hydrogens (tertiary/aromatic N) is 3. The molecule has 4 aromatic rings. The molecule has 0 aliphatic carbocycles. The molecule has 2 aromatic heterocycles. The summed E-state index contributed by atoms with van der Waals surface area (Å²) in [5.74, 6) is 0.290. The van der Waals surface area contributed by atoms with Crippen LogP contribution in [0, 0.1) is 5.82 Å². The minimum Gasteiger partial charge on any atom is -0.399 e. The minimum absolute atomic E-state index is 0.105. The Labute approximate surface area is 184 Å². The Morgan fingerprint density at radius 2 is 1.91 bits per heavy atom. The Morgan fingerprint density at radius 3 is 2.66 bits per heavy atom. The van der Waals surface area contributed by atoms with Crippen LogP contribution in [0.1, 0.15) is 16.8 Å². The summed E-state index contributed by atoms with van der Waals surface area (Å²) in [5.41, 5.74) is 11.2. The van der Waals surface area contributed by atoms with E-state index in [2.05, 4.69) is 14.9 Å². The van der Waals surface area contributed by atoms with Crippen LogP contribution < -0.4 is 11.3 Å². The van der Waals surface area contributed by atoms with E-state index in [-0.39, 0.29) is 11.4 Å². The van der Waals surface area contributed by atoms with Crippen LogP contribution in [0.2, 0.25) is 0 Å². The number of aromatic amines is 1. The van der Waals surface area contributed by atoms with Gasteiger partial charge in [0.05, 0.1) is 17.0 Å². The first-order valence-corrected chi connectivity index (χ1v) is 10.5. The average Bonchev–Trinajstić information content (AvgIpc) is 2.80. The Kier molecular flexibility index (Phi) is 5.25. The lowest BCUT2D eigenvalue weighted by molar-refractivity contribution is 0.241. The Hall–Kier alpha value is -3.84. The molecule has 3 N–H and O–H groups in total. The first-order valence-electron chi connectivity index (χ1n) is 10.5. The predicted octanol–water partition coefficient (Wildman–Crippen LogP) is 3.78. The number of pyridine rings is 1. The molecule has 0 amide bonds. The van der Waals surface area contributed by atoms with E-state index in [1.165, 1.54) is 12.1 Å². The molecule has 0 fully saturated rings. The maximum Gasteiger partial charge on any atom is 0.255 e. The number of nitrogen functional groups attached to an aromatic ring is 1. The first-order chi connectivity index (χ1) is 15.5. The summed E-state index contributed by atoms with van der Waals surface area (Å²) in [6.45, 7) is 2.01. The van der Waals surface area contributed by atoms with Gasteiger partial charge in [-0.05, 0) is 48.0 Å². The highest BCUT2D eigenvalue weighted by Gasteiger charge is 2.21. The third-order valence-corrected chi connectivity index (χ3v) is 5.68. The normalized spacial score (nSPS) is 13.7. The van der Waals surface area contributed by atoms with E-state index in [4.69, 9.17) is 10.7 Å². The fourth-order valence-electron chi connectivity index (χ4n) is 3.99. The number of nitrogens with one attached hydrogen (secondary N) is 1. The highest BCUT2D eigenvalue weighted by molar-refractivity contribution is 5.59. The van der Waals surface area contributed by atoms with Crippen molar-refractivity contribution in [2.75, 3.05) is 12.3 Å². The molecular formula is C25H22FN5O. The summed E-state index contributed by atoms with van der Waals surface area (Å²) < 4.78 is 13.5. The van der Waals surface area contributed by atoms with E-state index < -0.39 is 0 Å². The van der Waals surface area contributed by atoms with Crippen molar-refractivity contribution in [1.82, 2.24) is 19.9 Å². The van der Waals surface area contributed by atoms with Crippen molar-refractivity contribution in [3.05, 3.63) is 99.9 Å². The van der Waals surface area contributed by atoms with Gasteiger partial charge in [0.15, 0.2) is 0 Å². The van der Waals surface area contributed by atoms with E-state index in [0.717, 1.165) is 34.6 Å². The zero-order valence-corrected chi connectivity index (χ0v) is 17.4. The van der Waals surface area contributed by atoms with Crippen molar-refractivity contribution in [3.63, 3.8) is 0 Å². The van der Waals surface area contributed by atoms with Gasteiger partial charge in [-0.15, -0.1) is 0 Å². The van der Waals surface area contributed by atoms with E-state index in [1.54, 1.807) is 18.2 Å². The zero-order valence-electron chi connectivity index (χ0n) is 17.4. The summed E-state index contributed by atoms with van der Waals surface area (Å²) in [5, 5.41) is 0. The SMILES string of the molecule is Nc1ccc(-c2nc3c(c(=O)[nH]2)CN(Cc2ccc(-c4cccc(F)c4)nc2)CC3)cc1. The van der Waals surface area contributed by atoms with Gasteiger partial charge in [0.1, 0.15) is 11.6 Å². The Morgan fingerprint density at radius 1 is 1.06 bits per heavy atom. The van der Waals surface area contributed by atoms with Crippen LogP contribution in [0.4, 0.5) is 10.1 Å². The van der Waals surface area contributed by atoms with Crippen molar-refractivity contribution >= 4 is 5.69 Å². The molecule has 7 heteroatoms. The third-order valence-electron chi connectivity index (χ3n) is 5.68. The molecule has 32 heavy (non-hydrogen) atoms. The highest BCUT2D eigenvalue weighted by atomic mass is 19.1. The van der Waals surface area contributed by atoms with Crippen molar-refractivity contribution < 1.29 is 4.39 Å². The number of nitrogens with two attached hydrogens (primary N) is 1. The van der Waals surface area contributed by atoms with Gasteiger partial charge in [-0.3, -0.25) is 14.7 Å². The number of anilines is 1. The summed E-state index contributed by atoms with van der Waals surface area (Å²) in [6.07, 6.45) is 2.51. The van der Waals surface area contributed by atoms with Crippen LogP contribution in [0.15, 0.2) is 71.7 Å². The molecule has 0 spiro atoms. The molecular weight excluding hydrogens is 405 g/mol. The number of hydrogen-bond donors (Lipinski definition) is 2. The van der Waals surface area contributed by atoms with Gasteiger partial charge in [-0.2, -0.15) is 0 Å². The lowest BCUT2D eigenvalue weighted by Gasteiger charge is -2.27. The van der Waals surface area contributed by atoms with Crippen LogP contribution in [0.3, 0.4) is 0 Å². The smallest absolute Gasteiger partial charge is 0.255 e. The highest BCUT2D eigenvalue weighted by Crippen LogP contribution is 2.22. The van der Waals surface area contributed by atoms with Crippen molar-refractivity contribution in [1.29, 1.82) is 0 Å². The Balaban J connectivity index is 1.31. The monoisotopic (exact) mass is 427 g/mol. The second-order valence-electron chi connectivity index (χ2n) is 7.98. The number of fused-ring (bicyclic) bond motifs is 1. The van der Waals surface area contributed by atoms with E-state index >= 15 is 0 Å². The summed E-state index contributed by atoms with van der Waals surface area (Å²) >= 11 is 0. The zero-order chi connectivity index (χ0) is 22.1. The fourth-order valence-corrected chi connectivity index (χ4v) is 3.99. The molecule has 0 bridgehead atoms. The van der Waals surface area contributed by atoms with Crippen molar-refractivity contribution in [2.24, 2.45) is 0 Å². The van der Waals surface area contributed by atoms with Gasteiger partial charge in [0, 0.05) is 49.1 Å². The fraction of sp³-hybridized carbons (Fsp3) is 0.160. The van der Waals surface area contributed by atoms with E-state index in [9.17, 15) is 9.18 Å². The summed E-state index contributed by atoms with van der Waals surface area (Å²) in [7, 11) is 0. The quantitative estimate of drug-likeness (QED) is 0.484. The van der Waals surface area contributed by atoms with E-state index in [1.807, 2.05) is 36.5 Å². The van der Waals surface area contributed by atoms with Crippen LogP contribution in [-0.4, -0.2) is 26.4 Å². The second kappa shape index (κ2) is 8.36. The lowest BCUT2D eigenvalue weighted by Crippen LogP contribution is -2.35. The van der Waals surface area contributed by atoms with Gasteiger partial charge in [0.25, 0.3) is 5.56 Å². The maximum atomic E-state index is 13.5. The third kappa shape index (κ3) is 4.15. The van der Waals surface area contributed by atoms with Gasteiger partial charge < -0.3 is 10.7 Å². The molecule has 0 radical (unpaired) electrons. The minimum atomic E-state index is -0.279. The van der Waals surface area contributed by atoms with Crippen molar-refractivity contribution in [2.45, 2.75) is 19.5 Å². The van der Waals surface area contributed by atoms with E-state index in [0.29, 0.717) is 36.6 Å². The van der Waals surface area contributed by atoms with Crippen LogP contribution in [-0.2, 0) is 19.5 Å². The van der Waals surface area contributed by atoms with Crippen LogP contribution >= 0.6 is 0 Å². The van der Waals surface area contributed by atoms with Gasteiger partial charge in [-0.25, -0.2) is 9.37 Å². The number of rotatable bonds is 4. The molecule has 0 atom stereocenters. The molecule has 6 nitrogen and oxygen atoms in total. The molecule has 1 aliphatic rings. The summed E-state index contributed by atoms with van der Waals surface area (Å²) in [4.78, 5) is 27.1.